The normalized spacial score (nSPS) is 16.3. The molecule has 1 aliphatic rings. The summed E-state index contributed by atoms with van der Waals surface area (Å²) < 4.78 is 0. The summed E-state index contributed by atoms with van der Waals surface area (Å²) in [5.41, 5.74) is 2.38. The number of imide groups is 1. The van der Waals surface area contributed by atoms with E-state index in [9.17, 15) is 19.2 Å². The lowest BCUT2D eigenvalue weighted by Gasteiger charge is -2.24. The highest BCUT2D eigenvalue weighted by Gasteiger charge is 2.47. The predicted octanol–water partition coefficient (Wildman–Crippen LogP) is 3.35. The standard InChI is InChI=1S/C26H23N3O4/c1-17-10-8-9-15-20(17)27-24(31)22(23(30)19-13-6-3-7-14-19)29-25(32)21(28-26(29)33)16-18-11-4-2-5-12-18/h2-15,21-22H,16H2,1H3,(H,27,31)(H,28,33). The summed E-state index contributed by atoms with van der Waals surface area (Å²) in [6.45, 7) is 1.81. The molecule has 2 unspecified atom stereocenters. The van der Waals surface area contributed by atoms with Gasteiger partial charge in [-0.3, -0.25) is 14.4 Å². The van der Waals surface area contributed by atoms with E-state index in [4.69, 9.17) is 0 Å². The minimum Gasteiger partial charge on any atom is -0.325 e. The molecule has 2 N–H and O–H groups in total. The summed E-state index contributed by atoms with van der Waals surface area (Å²) in [6.07, 6.45) is 0.258. The first-order chi connectivity index (χ1) is 16.0. The Kier molecular flexibility index (Phi) is 6.31. The van der Waals surface area contributed by atoms with Gasteiger partial charge in [0.15, 0.2) is 11.8 Å². The van der Waals surface area contributed by atoms with E-state index >= 15 is 0 Å². The van der Waals surface area contributed by atoms with Crippen LogP contribution in [0.5, 0.6) is 0 Å². The van der Waals surface area contributed by atoms with Crippen molar-refractivity contribution in [2.75, 3.05) is 5.32 Å². The lowest BCUT2D eigenvalue weighted by Crippen LogP contribution is -2.52. The molecule has 3 aromatic rings. The number of carbonyl (C=O) groups excluding carboxylic acids is 4. The van der Waals surface area contributed by atoms with Crippen LogP contribution in [0.1, 0.15) is 21.5 Å². The number of aryl methyl sites for hydroxylation is 1. The maximum absolute atomic E-state index is 13.4. The van der Waals surface area contributed by atoms with E-state index in [-0.39, 0.29) is 12.0 Å². The van der Waals surface area contributed by atoms with E-state index in [0.29, 0.717) is 5.69 Å². The van der Waals surface area contributed by atoms with Gasteiger partial charge < -0.3 is 10.6 Å². The number of anilines is 1. The van der Waals surface area contributed by atoms with Gasteiger partial charge in [0.1, 0.15) is 6.04 Å². The summed E-state index contributed by atoms with van der Waals surface area (Å²) in [5, 5.41) is 5.33. The molecule has 0 aliphatic carbocycles. The zero-order valence-electron chi connectivity index (χ0n) is 18.0. The monoisotopic (exact) mass is 441 g/mol. The summed E-state index contributed by atoms with van der Waals surface area (Å²) in [5.74, 6) is -1.99. The van der Waals surface area contributed by atoms with E-state index in [2.05, 4.69) is 10.6 Å². The highest BCUT2D eigenvalue weighted by Crippen LogP contribution is 2.21. The van der Waals surface area contributed by atoms with Gasteiger partial charge in [-0.25, -0.2) is 9.69 Å². The summed E-state index contributed by atoms with van der Waals surface area (Å²) in [4.78, 5) is 53.5. The van der Waals surface area contributed by atoms with Gasteiger partial charge in [-0.1, -0.05) is 78.9 Å². The summed E-state index contributed by atoms with van der Waals surface area (Å²) >= 11 is 0. The lowest BCUT2D eigenvalue weighted by atomic mass is 10.0. The van der Waals surface area contributed by atoms with Gasteiger partial charge in [-0.2, -0.15) is 0 Å². The smallest absolute Gasteiger partial charge is 0.325 e. The molecule has 0 bridgehead atoms. The van der Waals surface area contributed by atoms with Gasteiger partial charge in [0.25, 0.3) is 11.8 Å². The van der Waals surface area contributed by atoms with Crippen LogP contribution < -0.4 is 10.6 Å². The van der Waals surface area contributed by atoms with Gasteiger partial charge in [0.05, 0.1) is 0 Å². The van der Waals surface area contributed by atoms with Crippen LogP contribution in [0.25, 0.3) is 0 Å². The number of Topliss-reactive ketones (excluding diaryl/α,β-unsaturated/α-hetero) is 1. The number of rotatable bonds is 7. The molecular formula is C26H23N3O4. The van der Waals surface area contributed by atoms with Gasteiger partial charge in [-0.05, 0) is 24.1 Å². The van der Waals surface area contributed by atoms with E-state index < -0.39 is 35.7 Å². The average Bonchev–Trinajstić information content (AvgIpc) is 3.09. The number of ketones is 1. The minimum absolute atomic E-state index is 0.231. The van der Waals surface area contributed by atoms with Crippen molar-refractivity contribution in [3.8, 4) is 0 Å². The van der Waals surface area contributed by atoms with Crippen molar-refractivity contribution in [3.05, 3.63) is 102 Å². The maximum Gasteiger partial charge on any atom is 0.325 e. The summed E-state index contributed by atoms with van der Waals surface area (Å²) in [6, 6.07) is 21.2. The molecular weight excluding hydrogens is 418 g/mol. The first-order valence-electron chi connectivity index (χ1n) is 10.6. The van der Waals surface area contributed by atoms with Gasteiger partial charge in [0, 0.05) is 17.7 Å². The molecule has 3 aromatic carbocycles. The minimum atomic E-state index is -1.64. The Morgan fingerprint density at radius 3 is 2.18 bits per heavy atom. The van der Waals surface area contributed by atoms with Gasteiger partial charge in [-0.15, -0.1) is 0 Å². The highest BCUT2D eigenvalue weighted by molar-refractivity contribution is 6.22. The number of hydrogen-bond donors (Lipinski definition) is 2. The van der Waals surface area contributed by atoms with Crippen molar-refractivity contribution in [2.45, 2.75) is 25.4 Å². The topological polar surface area (TPSA) is 95.6 Å². The van der Waals surface area contributed by atoms with Crippen LogP contribution in [-0.4, -0.2) is 40.6 Å². The van der Waals surface area contributed by atoms with Crippen molar-refractivity contribution < 1.29 is 19.2 Å². The molecule has 1 aliphatic heterocycles. The Morgan fingerprint density at radius 1 is 0.909 bits per heavy atom. The Hall–Kier alpha value is -4.26. The second kappa shape index (κ2) is 9.48. The Morgan fingerprint density at radius 2 is 1.52 bits per heavy atom. The molecule has 33 heavy (non-hydrogen) atoms. The molecule has 7 nitrogen and oxygen atoms in total. The Bertz CT molecular complexity index is 1190. The number of hydrogen-bond acceptors (Lipinski definition) is 4. The van der Waals surface area contributed by atoms with Crippen LogP contribution in [0.3, 0.4) is 0 Å². The van der Waals surface area contributed by atoms with Crippen molar-refractivity contribution >= 4 is 29.3 Å². The molecule has 1 fully saturated rings. The fourth-order valence-electron chi connectivity index (χ4n) is 3.81. The number of nitrogens with one attached hydrogen (secondary N) is 2. The summed E-state index contributed by atoms with van der Waals surface area (Å²) in [7, 11) is 0. The van der Waals surface area contributed by atoms with Gasteiger partial charge >= 0.3 is 6.03 Å². The van der Waals surface area contributed by atoms with E-state index in [1.54, 1.807) is 42.5 Å². The van der Waals surface area contributed by atoms with Crippen molar-refractivity contribution in [2.24, 2.45) is 0 Å². The molecule has 7 heteroatoms. The van der Waals surface area contributed by atoms with Crippen LogP contribution in [0.4, 0.5) is 10.5 Å². The van der Waals surface area contributed by atoms with Crippen LogP contribution in [-0.2, 0) is 16.0 Å². The van der Waals surface area contributed by atoms with E-state index in [1.165, 1.54) is 0 Å². The molecule has 4 rings (SSSR count). The number of carbonyl (C=O) groups is 4. The molecule has 2 atom stereocenters. The molecule has 1 saturated heterocycles. The fourth-order valence-corrected chi connectivity index (χ4v) is 3.81. The van der Waals surface area contributed by atoms with Crippen LogP contribution >= 0.6 is 0 Å². The van der Waals surface area contributed by atoms with Crippen molar-refractivity contribution in [3.63, 3.8) is 0 Å². The number of amides is 4. The van der Waals surface area contributed by atoms with Crippen LogP contribution in [0.15, 0.2) is 84.9 Å². The second-order valence-electron chi connectivity index (χ2n) is 7.84. The Balaban J connectivity index is 1.65. The zero-order chi connectivity index (χ0) is 23.4. The largest absolute Gasteiger partial charge is 0.325 e. The number of benzene rings is 3. The first kappa shape index (κ1) is 22.0. The molecule has 166 valence electrons. The number of urea groups is 1. The third kappa shape index (κ3) is 4.67. The first-order valence-corrected chi connectivity index (χ1v) is 10.6. The lowest BCUT2D eigenvalue weighted by molar-refractivity contribution is -0.132. The molecule has 0 spiro atoms. The van der Waals surface area contributed by atoms with Crippen molar-refractivity contribution in [1.29, 1.82) is 0 Å². The van der Waals surface area contributed by atoms with Crippen LogP contribution in [0, 0.1) is 6.92 Å². The quantitative estimate of drug-likeness (QED) is 0.334. The molecule has 4 amide bonds. The molecule has 0 saturated carbocycles. The van der Waals surface area contributed by atoms with Gasteiger partial charge in [0.2, 0.25) is 0 Å². The number of para-hydroxylation sites is 1. The molecule has 0 aromatic heterocycles. The predicted molar refractivity (Wildman–Crippen MR) is 124 cm³/mol. The maximum atomic E-state index is 13.4. The number of nitrogens with zero attached hydrogens (tertiary/aromatic N) is 1. The zero-order valence-corrected chi connectivity index (χ0v) is 18.0. The van der Waals surface area contributed by atoms with E-state index in [1.807, 2.05) is 49.4 Å². The highest BCUT2D eigenvalue weighted by atomic mass is 16.2. The SMILES string of the molecule is Cc1ccccc1NC(=O)C(C(=O)c1ccccc1)N1C(=O)NC(Cc2ccccc2)C1=O. The molecule has 0 radical (unpaired) electrons. The second-order valence-corrected chi connectivity index (χ2v) is 7.84. The molecule has 1 heterocycles. The fraction of sp³-hybridized carbons (Fsp3) is 0.154. The average molecular weight is 441 g/mol. The van der Waals surface area contributed by atoms with Crippen LogP contribution in [0.2, 0.25) is 0 Å². The van der Waals surface area contributed by atoms with E-state index in [0.717, 1.165) is 16.0 Å². The third-order valence-electron chi connectivity index (χ3n) is 5.55. The Labute approximate surface area is 191 Å². The third-order valence-corrected chi connectivity index (χ3v) is 5.55. The van der Waals surface area contributed by atoms with Crippen molar-refractivity contribution in [1.82, 2.24) is 10.2 Å².